The zero-order chi connectivity index (χ0) is 76.1. The lowest BCUT2D eigenvalue weighted by Gasteiger charge is -2.41. The van der Waals surface area contributed by atoms with Crippen molar-refractivity contribution in [3.63, 3.8) is 0 Å². The van der Waals surface area contributed by atoms with Gasteiger partial charge in [-0.25, -0.2) is 0 Å². The highest BCUT2D eigenvalue weighted by molar-refractivity contribution is 7.99. The van der Waals surface area contributed by atoms with E-state index in [0.717, 1.165) is 16.3 Å². The Bertz CT molecular complexity index is 2680. The Morgan fingerprint density at radius 2 is 0.990 bits per heavy atom. The minimum Gasteiger partial charge on any atom is -0.390 e. The van der Waals surface area contributed by atoms with E-state index in [1.165, 1.54) is 113 Å². The monoisotopic (exact) mass is 1400 g/mol. The summed E-state index contributed by atoms with van der Waals surface area (Å²) < 4.78 is 0. The van der Waals surface area contributed by atoms with E-state index in [2.05, 4.69) is 46.9 Å². The number of carbonyl (C=O) groups excluding carboxylic acids is 11. The van der Waals surface area contributed by atoms with Crippen molar-refractivity contribution in [1.82, 2.24) is 60.5 Å². The molecule has 0 radical (unpaired) electrons. The van der Waals surface area contributed by atoms with Gasteiger partial charge in [0.2, 0.25) is 65.0 Å². The Kier molecular flexibility index (Phi) is 37.3. The lowest BCUT2D eigenvalue weighted by atomic mass is 9.91. The Balaban J connectivity index is 4.61. The molecule has 1 fully saturated rings. The summed E-state index contributed by atoms with van der Waals surface area (Å²) in [6.07, 6.45) is 2.84. The van der Waals surface area contributed by atoms with Crippen LogP contribution in [-0.2, 0) is 52.7 Å². The number of hydrogen-bond donors (Lipinski definition) is 6. The third kappa shape index (κ3) is 27.2. The topological polar surface area (TPSA) is 302 Å². The molecule has 0 aromatic carbocycles. The fourth-order valence-corrected chi connectivity index (χ4v) is 13.6. The molecule has 1 heterocycles. The standard InChI is InChI=1S/C72H132N12O13S/c1-29-31-32-47(13)59(85)58-63(89)75-50(30-2)65(91)82(26)55(40-98-36-35-77(21)41-71(16,17)18)68(94)81(25)54(39-72(19,20)97)62(88)76-56(45(9)10)69(95)78(22)51(34-33-42(3)4)61(87)73-48(14)60(86)74-49(15)64(90)79(23)52(37-43(5)6)66(92)80(24)53(38-44(7)8)67(93)83(27)57(46(11)12)70(96)84(58)28/h29,31,42-59,85,97H,30,32-41H2,1-28H3,(H,73,87)(H,74,86)(H,75,89)(H,76,88)/b31-29+/t47-,48-,49+,50-,51-,52+,53-,54+,55-,56-,57-,58+,59-/m1/s1. The van der Waals surface area contributed by atoms with Crippen molar-refractivity contribution in [2.45, 2.75) is 262 Å². The molecular formula is C72H132N12O13S. The highest BCUT2D eigenvalue weighted by Gasteiger charge is 2.47. The van der Waals surface area contributed by atoms with Gasteiger partial charge < -0.3 is 70.7 Å². The van der Waals surface area contributed by atoms with Crippen LogP contribution in [0.15, 0.2) is 12.2 Å². The van der Waals surface area contributed by atoms with Gasteiger partial charge in [-0.3, -0.25) is 52.7 Å². The van der Waals surface area contributed by atoms with Crippen LogP contribution in [0, 0.1) is 40.9 Å². The summed E-state index contributed by atoms with van der Waals surface area (Å²) in [4.78, 5) is 176. The van der Waals surface area contributed by atoms with Crippen molar-refractivity contribution in [3.8, 4) is 0 Å². The zero-order valence-electron chi connectivity index (χ0n) is 65.2. The van der Waals surface area contributed by atoms with Gasteiger partial charge in [-0.2, -0.15) is 11.8 Å². The maximum Gasteiger partial charge on any atom is 0.246 e. The number of amides is 11. The number of aliphatic hydroxyl groups excluding tert-OH is 1. The first-order chi connectivity index (χ1) is 45.0. The molecule has 1 aliphatic heterocycles. The molecule has 0 unspecified atom stereocenters. The van der Waals surface area contributed by atoms with Crippen molar-refractivity contribution >= 4 is 76.7 Å². The van der Waals surface area contributed by atoms with Crippen molar-refractivity contribution in [1.29, 1.82) is 0 Å². The van der Waals surface area contributed by atoms with Gasteiger partial charge in [0.15, 0.2) is 0 Å². The fourth-order valence-electron chi connectivity index (χ4n) is 12.4. The summed E-state index contributed by atoms with van der Waals surface area (Å²) in [6.45, 7) is 37.0. The molecule has 0 aliphatic carbocycles. The van der Waals surface area contributed by atoms with Crippen LogP contribution in [0.1, 0.15) is 183 Å². The molecule has 1 saturated heterocycles. The lowest BCUT2D eigenvalue weighted by Crippen LogP contribution is -2.64. The molecule has 6 N–H and O–H groups in total. The number of aliphatic hydroxyl groups is 2. The number of nitrogens with one attached hydrogen (secondary N) is 4. The first-order valence-corrected chi connectivity index (χ1v) is 36.5. The van der Waals surface area contributed by atoms with E-state index in [1.54, 1.807) is 54.5 Å². The second-order valence-corrected chi connectivity index (χ2v) is 32.6. The summed E-state index contributed by atoms with van der Waals surface area (Å²) in [5.41, 5.74) is -1.61. The molecule has 1 rings (SSSR count). The summed E-state index contributed by atoms with van der Waals surface area (Å²) in [5.74, 6) is -9.50. The van der Waals surface area contributed by atoms with Gasteiger partial charge in [0.25, 0.3) is 0 Å². The SMILES string of the molecule is C/C=C/C[C@@H](C)[C@@H](O)[C@H]1C(=O)N[C@H](CC)C(=O)N(C)[C@H](CSCCN(C)CC(C)(C)C)C(=O)N(C)[C@@H](CC(C)(C)O)C(=O)N[C@H](C(C)C)C(=O)N(C)[C@H](CCC(C)C)C(=O)N[C@H](C)C(=O)N[C@@H](C)C(=O)N(C)[C@@H](CC(C)C)C(=O)N(C)[C@H](CC(C)C)C(=O)N(C)[C@H](C(C)C)C(=O)N1C. The van der Waals surface area contributed by atoms with Crippen molar-refractivity contribution in [2.75, 3.05) is 81.0 Å². The van der Waals surface area contributed by atoms with E-state index in [4.69, 9.17) is 0 Å². The molecule has 26 heteroatoms. The van der Waals surface area contributed by atoms with Crippen LogP contribution >= 0.6 is 11.8 Å². The maximum absolute atomic E-state index is 15.5. The maximum atomic E-state index is 15.5. The minimum atomic E-state index is -1.66. The smallest absolute Gasteiger partial charge is 0.246 e. The molecule has 0 aromatic rings. The van der Waals surface area contributed by atoms with Gasteiger partial charge in [0.1, 0.15) is 66.5 Å². The number of allylic oxidation sites excluding steroid dienone is 2. The van der Waals surface area contributed by atoms with Gasteiger partial charge >= 0.3 is 0 Å². The zero-order valence-corrected chi connectivity index (χ0v) is 66.0. The van der Waals surface area contributed by atoms with Crippen molar-refractivity contribution in [2.24, 2.45) is 40.9 Å². The average molecular weight is 1410 g/mol. The van der Waals surface area contributed by atoms with E-state index < -0.39 is 161 Å². The van der Waals surface area contributed by atoms with Gasteiger partial charge in [0, 0.05) is 80.3 Å². The molecule has 98 heavy (non-hydrogen) atoms. The molecule has 25 nitrogen and oxygen atoms in total. The molecule has 0 aromatic heterocycles. The molecule has 0 spiro atoms. The quantitative estimate of drug-likeness (QED) is 0.0624. The van der Waals surface area contributed by atoms with Crippen LogP contribution in [0.4, 0.5) is 0 Å². The van der Waals surface area contributed by atoms with Crippen LogP contribution in [-0.4, -0.2) is 274 Å². The first-order valence-electron chi connectivity index (χ1n) is 35.4. The number of rotatable bonds is 22. The van der Waals surface area contributed by atoms with Crippen LogP contribution in [0.25, 0.3) is 0 Å². The second-order valence-electron chi connectivity index (χ2n) is 31.4. The summed E-state index contributed by atoms with van der Waals surface area (Å²) >= 11 is 1.39. The van der Waals surface area contributed by atoms with Crippen LogP contribution in [0.2, 0.25) is 0 Å². The Morgan fingerprint density at radius 1 is 0.531 bits per heavy atom. The van der Waals surface area contributed by atoms with Crippen molar-refractivity contribution in [3.05, 3.63) is 12.2 Å². The molecule has 0 saturated carbocycles. The van der Waals surface area contributed by atoms with Gasteiger partial charge in [-0.15, -0.1) is 0 Å². The van der Waals surface area contributed by atoms with E-state index in [1.807, 2.05) is 54.7 Å². The van der Waals surface area contributed by atoms with Crippen LogP contribution < -0.4 is 21.3 Å². The van der Waals surface area contributed by atoms with E-state index in [-0.39, 0.29) is 67.4 Å². The van der Waals surface area contributed by atoms with Crippen molar-refractivity contribution < 1.29 is 63.0 Å². The number of carbonyl (C=O) groups is 11. The Hall–Kier alpha value is -5.86. The van der Waals surface area contributed by atoms with E-state index in [0.29, 0.717) is 18.7 Å². The lowest BCUT2D eigenvalue weighted by molar-refractivity contribution is -0.157. The first kappa shape index (κ1) is 90.2. The molecule has 0 bridgehead atoms. The normalized spacial score (nSPS) is 26.1. The number of likely N-dealkylation sites (N-methyl/N-ethyl adjacent to an activating group) is 7. The van der Waals surface area contributed by atoms with Gasteiger partial charge in [0.05, 0.1) is 11.7 Å². The third-order valence-electron chi connectivity index (χ3n) is 18.3. The van der Waals surface area contributed by atoms with Crippen LogP contribution in [0.5, 0.6) is 0 Å². The van der Waals surface area contributed by atoms with Crippen LogP contribution in [0.3, 0.4) is 0 Å². The average Bonchev–Trinajstić information content (AvgIpc) is 0.804. The molecule has 564 valence electrons. The van der Waals surface area contributed by atoms with E-state index >= 15 is 33.6 Å². The van der Waals surface area contributed by atoms with Gasteiger partial charge in [-0.05, 0) is 121 Å². The highest BCUT2D eigenvalue weighted by atomic mass is 32.2. The predicted octanol–water partition coefficient (Wildman–Crippen LogP) is 4.85. The number of nitrogens with zero attached hydrogens (tertiary/aromatic N) is 8. The van der Waals surface area contributed by atoms with E-state index in [9.17, 15) is 29.4 Å². The number of thioether (sulfide) groups is 1. The molecule has 1 aliphatic rings. The molecule has 13 atom stereocenters. The number of hydrogen-bond acceptors (Lipinski definition) is 15. The predicted molar refractivity (Wildman–Crippen MR) is 388 cm³/mol. The largest absolute Gasteiger partial charge is 0.390 e. The Morgan fingerprint density at radius 3 is 1.46 bits per heavy atom. The van der Waals surface area contributed by atoms with Gasteiger partial charge in [-0.1, -0.05) is 116 Å². The summed E-state index contributed by atoms with van der Waals surface area (Å²) in [7, 11) is 11.9. The third-order valence-corrected chi connectivity index (χ3v) is 19.4. The molecule has 11 amide bonds. The summed E-state index contributed by atoms with van der Waals surface area (Å²) in [6, 6.07) is -14.4. The minimum absolute atomic E-state index is 0.00653. The second kappa shape index (κ2) is 40.5. The summed E-state index contributed by atoms with van der Waals surface area (Å²) in [5, 5.41) is 34.9. The fraction of sp³-hybridized carbons (Fsp3) is 0.819. The molecular weight excluding hydrogens is 1270 g/mol. The highest BCUT2D eigenvalue weighted by Crippen LogP contribution is 2.27. The Labute approximate surface area is 593 Å².